The van der Waals surface area contributed by atoms with E-state index in [1.165, 1.54) is 11.3 Å². The standard InChI is InChI=1S/C12H18N2O.ClH/c1-15-9-8-14-7-6-13-10-11-4-2-3-5-12(11)14;/h2-5,13H,6-10H2,1H3;1H. The third-order valence-electron chi connectivity index (χ3n) is 2.77. The Morgan fingerprint density at radius 2 is 2.19 bits per heavy atom. The minimum atomic E-state index is 0. The van der Waals surface area contributed by atoms with Gasteiger partial charge in [0.25, 0.3) is 0 Å². The number of rotatable bonds is 3. The van der Waals surface area contributed by atoms with Crippen LogP contribution in [-0.4, -0.2) is 33.4 Å². The normalized spacial score (nSPS) is 14.9. The van der Waals surface area contributed by atoms with E-state index < -0.39 is 0 Å². The number of nitrogens with zero attached hydrogens (tertiary/aromatic N) is 1. The quantitative estimate of drug-likeness (QED) is 0.873. The van der Waals surface area contributed by atoms with Gasteiger partial charge in [0, 0.05) is 39.0 Å². The van der Waals surface area contributed by atoms with Crippen molar-refractivity contribution in [1.29, 1.82) is 0 Å². The van der Waals surface area contributed by atoms with Crippen LogP contribution in [0.5, 0.6) is 0 Å². The van der Waals surface area contributed by atoms with Crippen LogP contribution in [0.3, 0.4) is 0 Å². The molecule has 0 aromatic heterocycles. The van der Waals surface area contributed by atoms with E-state index in [1.807, 2.05) is 0 Å². The second kappa shape index (κ2) is 6.74. The second-order valence-corrected chi connectivity index (χ2v) is 3.79. The van der Waals surface area contributed by atoms with Crippen molar-refractivity contribution in [2.75, 3.05) is 38.3 Å². The van der Waals surface area contributed by atoms with Gasteiger partial charge in [0.05, 0.1) is 6.61 Å². The van der Waals surface area contributed by atoms with Gasteiger partial charge in [-0.1, -0.05) is 18.2 Å². The van der Waals surface area contributed by atoms with Gasteiger partial charge in [-0.3, -0.25) is 0 Å². The lowest BCUT2D eigenvalue weighted by Crippen LogP contribution is -2.31. The Morgan fingerprint density at radius 3 is 3.00 bits per heavy atom. The van der Waals surface area contributed by atoms with Gasteiger partial charge < -0.3 is 15.0 Å². The van der Waals surface area contributed by atoms with E-state index in [9.17, 15) is 0 Å². The highest BCUT2D eigenvalue weighted by Crippen LogP contribution is 2.21. The first-order chi connectivity index (χ1) is 7.42. The van der Waals surface area contributed by atoms with Crippen LogP contribution in [0.25, 0.3) is 0 Å². The molecule has 0 radical (unpaired) electrons. The molecule has 0 bridgehead atoms. The predicted octanol–water partition coefficient (Wildman–Crippen LogP) is 1.66. The monoisotopic (exact) mass is 242 g/mol. The summed E-state index contributed by atoms with van der Waals surface area (Å²) in [5.74, 6) is 0. The summed E-state index contributed by atoms with van der Waals surface area (Å²) in [5.41, 5.74) is 2.73. The average molecular weight is 243 g/mol. The summed E-state index contributed by atoms with van der Waals surface area (Å²) in [6.45, 7) is 4.82. The third kappa shape index (κ3) is 3.11. The highest BCUT2D eigenvalue weighted by molar-refractivity contribution is 5.85. The Morgan fingerprint density at radius 1 is 1.38 bits per heavy atom. The van der Waals surface area contributed by atoms with Gasteiger partial charge in [0.15, 0.2) is 0 Å². The molecule has 0 unspecified atom stereocenters. The van der Waals surface area contributed by atoms with E-state index in [-0.39, 0.29) is 12.4 Å². The number of anilines is 1. The molecule has 2 rings (SSSR count). The lowest BCUT2D eigenvalue weighted by atomic mass is 10.1. The number of benzene rings is 1. The first-order valence-corrected chi connectivity index (χ1v) is 5.44. The van der Waals surface area contributed by atoms with Crippen molar-refractivity contribution in [1.82, 2.24) is 5.32 Å². The number of hydrogen-bond acceptors (Lipinski definition) is 3. The summed E-state index contributed by atoms with van der Waals surface area (Å²) in [5, 5.41) is 3.43. The maximum atomic E-state index is 5.14. The summed E-state index contributed by atoms with van der Waals surface area (Å²) in [6, 6.07) is 8.58. The molecule has 0 atom stereocenters. The molecule has 0 fully saturated rings. The van der Waals surface area contributed by atoms with Crippen molar-refractivity contribution in [3.05, 3.63) is 29.8 Å². The molecule has 3 nitrogen and oxygen atoms in total. The van der Waals surface area contributed by atoms with Gasteiger partial charge >= 0.3 is 0 Å². The van der Waals surface area contributed by atoms with Gasteiger partial charge in [0.1, 0.15) is 0 Å². The molecule has 0 aliphatic carbocycles. The Hall–Kier alpha value is -0.770. The van der Waals surface area contributed by atoms with Gasteiger partial charge in [-0.2, -0.15) is 0 Å². The molecule has 0 amide bonds. The van der Waals surface area contributed by atoms with Crippen molar-refractivity contribution in [2.45, 2.75) is 6.54 Å². The number of hydrogen-bond donors (Lipinski definition) is 1. The van der Waals surface area contributed by atoms with Crippen LogP contribution in [0.2, 0.25) is 0 Å². The molecule has 0 saturated carbocycles. The van der Waals surface area contributed by atoms with Crippen LogP contribution in [-0.2, 0) is 11.3 Å². The molecular formula is C12H19ClN2O. The molecule has 1 aliphatic heterocycles. The molecular weight excluding hydrogens is 224 g/mol. The zero-order chi connectivity index (χ0) is 10.5. The number of nitrogens with one attached hydrogen (secondary N) is 1. The molecule has 0 saturated heterocycles. The van der Waals surface area contributed by atoms with E-state index >= 15 is 0 Å². The van der Waals surface area contributed by atoms with E-state index in [4.69, 9.17) is 4.74 Å². The third-order valence-corrected chi connectivity index (χ3v) is 2.77. The number of ether oxygens (including phenoxy) is 1. The number of para-hydroxylation sites is 1. The van der Waals surface area contributed by atoms with E-state index in [0.717, 1.165) is 32.8 Å². The van der Waals surface area contributed by atoms with Gasteiger partial charge in [-0.25, -0.2) is 0 Å². The zero-order valence-corrected chi connectivity index (χ0v) is 10.4. The molecule has 1 aliphatic rings. The Bertz CT molecular complexity index is 320. The zero-order valence-electron chi connectivity index (χ0n) is 9.61. The Kier molecular flexibility index (Phi) is 5.60. The highest BCUT2D eigenvalue weighted by atomic mass is 35.5. The molecule has 1 aromatic rings. The minimum absolute atomic E-state index is 0. The number of methoxy groups -OCH3 is 1. The minimum Gasteiger partial charge on any atom is -0.383 e. The lowest BCUT2D eigenvalue weighted by Gasteiger charge is -2.23. The molecule has 0 spiro atoms. The maximum Gasteiger partial charge on any atom is 0.0637 e. The largest absolute Gasteiger partial charge is 0.383 e. The highest BCUT2D eigenvalue weighted by Gasteiger charge is 2.13. The van der Waals surface area contributed by atoms with E-state index in [2.05, 4.69) is 34.5 Å². The van der Waals surface area contributed by atoms with Gasteiger partial charge in [-0.05, 0) is 11.6 Å². The first-order valence-electron chi connectivity index (χ1n) is 5.44. The average Bonchev–Trinajstić information content (AvgIpc) is 2.49. The molecule has 1 N–H and O–H groups in total. The molecule has 1 heterocycles. The fourth-order valence-corrected chi connectivity index (χ4v) is 1.96. The SMILES string of the molecule is COCCN1CCNCc2ccccc21.Cl. The maximum absolute atomic E-state index is 5.14. The number of fused-ring (bicyclic) bond motifs is 1. The number of halogens is 1. The second-order valence-electron chi connectivity index (χ2n) is 3.79. The van der Waals surface area contributed by atoms with Crippen LogP contribution < -0.4 is 10.2 Å². The van der Waals surface area contributed by atoms with Crippen LogP contribution >= 0.6 is 12.4 Å². The van der Waals surface area contributed by atoms with Crippen molar-refractivity contribution < 1.29 is 4.74 Å². The molecule has 16 heavy (non-hydrogen) atoms. The summed E-state index contributed by atoms with van der Waals surface area (Å²) in [6.07, 6.45) is 0. The smallest absolute Gasteiger partial charge is 0.0637 e. The van der Waals surface area contributed by atoms with Gasteiger partial charge in [0.2, 0.25) is 0 Å². The van der Waals surface area contributed by atoms with Crippen LogP contribution in [0.15, 0.2) is 24.3 Å². The summed E-state index contributed by atoms with van der Waals surface area (Å²) in [4.78, 5) is 2.39. The van der Waals surface area contributed by atoms with Crippen molar-refractivity contribution in [2.24, 2.45) is 0 Å². The Balaban J connectivity index is 0.00000128. The van der Waals surface area contributed by atoms with Crippen LogP contribution in [0, 0.1) is 0 Å². The summed E-state index contributed by atoms with van der Waals surface area (Å²) < 4.78 is 5.14. The van der Waals surface area contributed by atoms with E-state index in [0.29, 0.717) is 0 Å². The van der Waals surface area contributed by atoms with E-state index in [1.54, 1.807) is 7.11 Å². The van der Waals surface area contributed by atoms with Crippen molar-refractivity contribution in [3.63, 3.8) is 0 Å². The molecule has 90 valence electrons. The van der Waals surface area contributed by atoms with Crippen LogP contribution in [0.1, 0.15) is 5.56 Å². The predicted molar refractivity (Wildman–Crippen MR) is 69.5 cm³/mol. The first kappa shape index (κ1) is 13.3. The van der Waals surface area contributed by atoms with Crippen molar-refractivity contribution in [3.8, 4) is 0 Å². The van der Waals surface area contributed by atoms with Crippen molar-refractivity contribution >= 4 is 18.1 Å². The topological polar surface area (TPSA) is 24.5 Å². The fraction of sp³-hybridized carbons (Fsp3) is 0.500. The van der Waals surface area contributed by atoms with Gasteiger partial charge in [-0.15, -0.1) is 12.4 Å². The fourth-order valence-electron chi connectivity index (χ4n) is 1.96. The summed E-state index contributed by atoms with van der Waals surface area (Å²) >= 11 is 0. The molecule has 1 aromatic carbocycles. The lowest BCUT2D eigenvalue weighted by molar-refractivity contribution is 0.205. The summed E-state index contributed by atoms with van der Waals surface area (Å²) in [7, 11) is 1.75. The Labute approximate surface area is 103 Å². The van der Waals surface area contributed by atoms with Crippen LogP contribution in [0.4, 0.5) is 5.69 Å². The molecule has 4 heteroatoms.